The van der Waals surface area contributed by atoms with Crippen LogP contribution in [0.5, 0.6) is 0 Å². The predicted molar refractivity (Wildman–Crippen MR) is 207 cm³/mol. The van der Waals surface area contributed by atoms with Crippen molar-refractivity contribution in [2.24, 2.45) is 0 Å². The molecule has 4 amide bonds. The molecule has 1 aromatic carbocycles. The van der Waals surface area contributed by atoms with E-state index in [-0.39, 0.29) is 92.7 Å². The maximum atomic E-state index is 14.3. The van der Waals surface area contributed by atoms with E-state index in [4.69, 9.17) is 17.0 Å². The Hall–Kier alpha value is -4.42. The van der Waals surface area contributed by atoms with Crippen LogP contribution in [0.15, 0.2) is 36.5 Å². The number of nitrogens with one attached hydrogen (secondary N) is 2. The Balaban J connectivity index is 0.00000661. The van der Waals surface area contributed by atoms with Crippen molar-refractivity contribution in [3.8, 4) is 6.07 Å². The Bertz CT molecular complexity index is 1990. The van der Waals surface area contributed by atoms with Gasteiger partial charge in [0, 0.05) is 44.8 Å². The first-order valence-corrected chi connectivity index (χ1v) is 19.2. The molecule has 2 atom stereocenters. The molecule has 1 saturated carbocycles. The first-order chi connectivity index (χ1) is 27.3. The largest absolute Gasteiger partial charge is 0.417 e. The van der Waals surface area contributed by atoms with E-state index in [1.54, 1.807) is 29.7 Å². The smallest absolute Gasteiger partial charge is 0.377 e. The van der Waals surface area contributed by atoms with Crippen molar-refractivity contribution in [3.63, 3.8) is 0 Å². The first kappa shape index (κ1) is 45.7. The number of ether oxygens (including phenoxy) is 1. The van der Waals surface area contributed by atoms with Gasteiger partial charge in [0.15, 0.2) is 5.11 Å². The molecule has 1 unspecified atom stereocenters. The number of rotatable bonds is 10. The zero-order chi connectivity index (χ0) is 42.2. The highest BCUT2D eigenvalue weighted by Crippen LogP contribution is 2.41. The van der Waals surface area contributed by atoms with Gasteiger partial charge in [-0.3, -0.25) is 39.2 Å². The second kappa shape index (κ2) is 18.1. The zero-order valence-corrected chi connectivity index (χ0v) is 33.7. The van der Waals surface area contributed by atoms with Gasteiger partial charge < -0.3 is 15.0 Å². The van der Waals surface area contributed by atoms with Crippen LogP contribution >= 0.6 is 24.6 Å². The number of carbonyl (C=O) groups excluding carboxylic acids is 4. The monoisotopic (exact) mass is 872 g/mol. The number of benzene rings is 1. The number of piperidine rings is 1. The van der Waals surface area contributed by atoms with E-state index >= 15 is 0 Å². The molecule has 320 valence electrons. The molecule has 3 aliphatic heterocycles. The number of carbonyl (C=O) groups is 4. The molecule has 2 N–H and O–H groups in total. The molecule has 21 heteroatoms. The predicted octanol–water partition coefficient (Wildman–Crippen LogP) is 5.14. The maximum Gasteiger partial charge on any atom is 0.417 e. The number of imide groups is 1. The summed E-state index contributed by atoms with van der Waals surface area (Å²) in [5.74, 6) is -2.59. The number of aromatic nitrogens is 1. The molecule has 0 radical (unpaired) electrons. The van der Waals surface area contributed by atoms with Crippen molar-refractivity contribution in [2.75, 3.05) is 49.5 Å². The Morgan fingerprint density at radius 2 is 1.76 bits per heavy atom. The summed E-state index contributed by atoms with van der Waals surface area (Å²) < 4.78 is 90.0. The fraction of sp³-hybridized carbons (Fsp3) is 0.553. The van der Waals surface area contributed by atoms with Gasteiger partial charge in [0.2, 0.25) is 17.7 Å². The zero-order valence-electron chi connectivity index (χ0n) is 32.1. The summed E-state index contributed by atoms with van der Waals surface area (Å²) >= 11 is 5.67. The van der Waals surface area contributed by atoms with Crippen LogP contribution in [0.2, 0.25) is 0 Å². The van der Waals surface area contributed by atoms with E-state index in [0.29, 0.717) is 31.2 Å². The number of nitriles is 1. The Kier molecular flexibility index (Phi) is 14.0. The van der Waals surface area contributed by atoms with Crippen LogP contribution < -0.4 is 15.5 Å². The second-order valence-corrected chi connectivity index (χ2v) is 15.7. The van der Waals surface area contributed by atoms with E-state index in [1.807, 2.05) is 0 Å². The number of thiocarbonyl (C=S) groups is 1. The number of alkyl halides is 6. The van der Waals surface area contributed by atoms with Crippen molar-refractivity contribution < 1.29 is 50.3 Å². The highest BCUT2D eigenvalue weighted by atomic mass is 35.5. The van der Waals surface area contributed by atoms with Gasteiger partial charge in [0.1, 0.15) is 17.4 Å². The van der Waals surface area contributed by atoms with Crippen molar-refractivity contribution >= 4 is 64.9 Å². The summed E-state index contributed by atoms with van der Waals surface area (Å²) in [6.07, 6.45) is -5.63. The average molecular weight is 873 g/mol. The lowest BCUT2D eigenvalue weighted by atomic mass is 9.89. The summed E-state index contributed by atoms with van der Waals surface area (Å²) in [7, 11) is 0. The minimum absolute atomic E-state index is 0. The van der Waals surface area contributed by atoms with Gasteiger partial charge in [-0.2, -0.15) is 31.6 Å². The Morgan fingerprint density at radius 3 is 2.41 bits per heavy atom. The number of nitrogens with zero attached hydrogens (tertiary/aromatic N) is 6. The normalized spacial score (nSPS) is 24.4. The molecule has 3 saturated heterocycles. The molecule has 0 spiro atoms. The minimum atomic E-state index is -4.82. The van der Waals surface area contributed by atoms with Gasteiger partial charge in [-0.25, -0.2) is 4.98 Å². The highest BCUT2D eigenvalue weighted by Gasteiger charge is 2.53. The van der Waals surface area contributed by atoms with E-state index in [9.17, 15) is 50.8 Å². The van der Waals surface area contributed by atoms with Gasteiger partial charge in [-0.05, 0) is 94.1 Å². The number of pyridine rings is 1. The van der Waals surface area contributed by atoms with Gasteiger partial charge in [0.25, 0.3) is 5.91 Å². The first-order valence-electron chi connectivity index (χ1n) is 18.8. The molecular formula is C38H43ClF6N8O5S. The standard InChI is InChI=1S/C38H42F6N8O5S.ClH/c1-36(2)34(56)51(25-4-3-23(19-45)28(18-25)37(39,40)41)35(58)52(36)24-5-7-26(8-6-24)57-16-15-49-13-14-50(29(20-49)38(42,43)44)21-32(54)47-30-17-22(11-12-46-30)27-9-10-31(53)48-33(27)55;/h3-4,11-12,17-18,24,26-27,29H,5-10,13-16,20-21H2,1-2H3,(H,46,47,54)(H,48,53,55);1H/t24?,26?,27?,29-;/m1./s1. The van der Waals surface area contributed by atoms with Crippen molar-refractivity contribution in [2.45, 2.75) is 94.4 Å². The number of amides is 4. The topological polar surface area (TPSA) is 151 Å². The number of piperazine rings is 1. The van der Waals surface area contributed by atoms with Gasteiger partial charge in [0.05, 0.1) is 48.1 Å². The van der Waals surface area contributed by atoms with Crippen LogP contribution in [0.4, 0.5) is 37.8 Å². The lowest BCUT2D eigenvalue weighted by Gasteiger charge is -2.42. The maximum absolute atomic E-state index is 14.3. The third-order valence-corrected chi connectivity index (χ3v) is 11.6. The number of halogens is 7. The molecule has 1 aliphatic carbocycles. The molecule has 4 fully saturated rings. The highest BCUT2D eigenvalue weighted by molar-refractivity contribution is 7.80. The summed E-state index contributed by atoms with van der Waals surface area (Å²) in [5, 5.41) is 14.0. The van der Waals surface area contributed by atoms with Crippen LogP contribution in [0.3, 0.4) is 0 Å². The van der Waals surface area contributed by atoms with Gasteiger partial charge >= 0.3 is 12.4 Å². The van der Waals surface area contributed by atoms with Crippen LogP contribution in [-0.2, 0) is 30.1 Å². The lowest BCUT2D eigenvalue weighted by molar-refractivity contribution is -0.197. The SMILES string of the molecule is CC1(C)C(=O)N(c2ccc(C#N)c(C(F)(F)F)c2)C(=S)N1C1CCC(OCCN2CCN(CC(=O)Nc3cc(C4CCC(=O)NC4=O)ccn3)[C@@H](C(F)(F)F)C2)CC1.Cl. The summed E-state index contributed by atoms with van der Waals surface area (Å²) in [6.45, 7) is 3.01. The molecule has 6 rings (SSSR count). The molecule has 4 heterocycles. The summed E-state index contributed by atoms with van der Waals surface area (Å²) in [6, 6.07) is 5.48. The average Bonchev–Trinajstić information content (AvgIpc) is 3.33. The van der Waals surface area contributed by atoms with E-state index in [0.717, 1.165) is 21.9 Å². The van der Waals surface area contributed by atoms with Crippen molar-refractivity contribution in [1.82, 2.24) is 25.0 Å². The third kappa shape index (κ3) is 10.1. The van der Waals surface area contributed by atoms with E-state index < -0.39 is 65.2 Å². The van der Waals surface area contributed by atoms with E-state index in [2.05, 4.69) is 15.6 Å². The lowest BCUT2D eigenvalue weighted by Crippen LogP contribution is -2.60. The summed E-state index contributed by atoms with van der Waals surface area (Å²) in [5.41, 5.74) is -2.47. The second-order valence-electron chi connectivity index (χ2n) is 15.3. The van der Waals surface area contributed by atoms with Crippen LogP contribution in [-0.4, -0.2) is 118 Å². The van der Waals surface area contributed by atoms with Crippen molar-refractivity contribution in [1.29, 1.82) is 5.26 Å². The number of anilines is 2. The molecule has 13 nitrogen and oxygen atoms in total. The number of hydrogen-bond acceptors (Lipinski definition) is 10. The van der Waals surface area contributed by atoms with Crippen LogP contribution in [0.25, 0.3) is 0 Å². The minimum Gasteiger partial charge on any atom is -0.377 e. The fourth-order valence-corrected chi connectivity index (χ4v) is 8.73. The molecule has 4 aliphatic rings. The molecule has 0 bridgehead atoms. The van der Waals surface area contributed by atoms with E-state index in [1.165, 1.54) is 24.4 Å². The third-order valence-electron chi connectivity index (χ3n) is 11.2. The molecular weight excluding hydrogens is 830 g/mol. The Labute approximate surface area is 347 Å². The van der Waals surface area contributed by atoms with Crippen LogP contribution in [0.1, 0.15) is 75.0 Å². The summed E-state index contributed by atoms with van der Waals surface area (Å²) in [4.78, 5) is 59.9. The van der Waals surface area contributed by atoms with Gasteiger partial charge in [-0.1, -0.05) is 0 Å². The van der Waals surface area contributed by atoms with Gasteiger partial charge in [-0.15, -0.1) is 12.4 Å². The molecule has 2 aromatic rings. The molecule has 1 aromatic heterocycles. The quantitative estimate of drug-likeness (QED) is 0.186. The number of hydrogen-bond donors (Lipinski definition) is 2. The Morgan fingerprint density at radius 1 is 1.05 bits per heavy atom. The van der Waals surface area contributed by atoms with Crippen molar-refractivity contribution in [3.05, 3.63) is 53.2 Å². The fourth-order valence-electron chi connectivity index (χ4n) is 8.16. The molecule has 59 heavy (non-hydrogen) atoms. The van der Waals surface area contributed by atoms with Crippen LogP contribution in [0, 0.1) is 11.3 Å².